The first-order chi connectivity index (χ1) is 19.7. The van der Waals surface area contributed by atoms with Gasteiger partial charge in [-0.2, -0.15) is 0 Å². The van der Waals surface area contributed by atoms with Gasteiger partial charge in [0.1, 0.15) is 11.0 Å². The van der Waals surface area contributed by atoms with E-state index in [9.17, 15) is 0 Å². The molecule has 8 aromatic rings. The van der Waals surface area contributed by atoms with Gasteiger partial charge in [-0.25, -0.2) is 0 Å². The maximum Gasteiger partial charge on any atom is 0.137 e. The lowest BCUT2D eigenvalue weighted by atomic mass is 9.99. The molecule has 1 aliphatic rings. The van der Waals surface area contributed by atoms with Gasteiger partial charge in [0.25, 0.3) is 0 Å². The molecule has 0 bridgehead atoms. The van der Waals surface area contributed by atoms with Crippen molar-refractivity contribution >= 4 is 92.4 Å². The lowest BCUT2D eigenvalue weighted by Crippen LogP contribution is -2.21. The van der Waals surface area contributed by atoms with Crippen LogP contribution < -0.4 is 10.6 Å². The third-order valence-corrected chi connectivity index (χ3v) is 10.0. The number of benzene rings is 5. The SMILES string of the molecule is Brc1ccc(-c2cc3c4ccccc4n(-c4ccc5c6c(oc5c4)=CCCC=6)c3c3c2sc2ccccc23)cc1. The minimum atomic E-state index is 0.945. The van der Waals surface area contributed by atoms with Crippen LogP contribution in [0.25, 0.3) is 81.9 Å². The van der Waals surface area contributed by atoms with E-state index in [1.165, 1.54) is 63.7 Å². The number of fused-ring (bicyclic) bond motifs is 10. The lowest BCUT2D eigenvalue weighted by molar-refractivity contribution is 0.571. The van der Waals surface area contributed by atoms with Gasteiger partial charge in [0.2, 0.25) is 0 Å². The molecule has 1 aliphatic carbocycles. The highest BCUT2D eigenvalue weighted by Gasteiger charge is 2.21. The monoisotopic (exact) mass is 595 g/mol. The fourth-order valence-electron chi connectivity index (χ4n) is 6.52. The van der Waals surface area contributed by atoms with Gasteiger partial charge >= 0.3 is 0 Å². The molecule has 0 spiro atoms. The molecular formula is C36H22BrNOS. The topological polar surface area (TPSA) is 18.1 Å². The van der Waals surface area contributed by atoms with Gasteiger partial charge in [0.15, 0.2) is 0 Å². The van der Waals surface area contributed by atoms with E-state index >= 15 is 0 Å². The molecule has 0 fully saturated rings. The lowest BCUT2D eigenvalue weighted by Gasteiger charge is -2.11. The van der Waals surface area contributed by atoms with Crippen LogP contribution >= 0.6 is 27.3 Å². The van der Waals surface area contributed by atoms with E-state index in [1.807, 2.05) is 11.3 Å². The Morgan fingerprint density at radius 2 is 1.52 bits per heavy atom. The van der Waals surface area contributed by atoms with Gasteiger partial charge in [-0.05, 0) is 66.9 Å². The van der Waals surface area contributed by atoms with Gasteiger partial charge in [-0.1, -0.05) is 70.5 Å². The minimum absolute atomic E-state index is 0.945. The summed E-state index contributed by atoms with van der Waals surface area (Å²) < 4.78 is 12.5. The first kappa shape index (κ1) is 22.7. The van der Waals surface area contributed by atoms with Crippen LogP contribution in [-0.2, 0) is 0 Å². The first-order valence-electron chi connectivity index (χ1n) is 13.6. The highest BCUT2D eigenvalue weighted by Crippen LogP contribution is 2.47. The molecule has 0 unspecified atom stereocenters. The minimum Gasteiger partial charge on any atom is -0.456 e. The molecule has 4 heteroatoms. The Morgan fingerprint density at radius 3 is 2.42 bits per heavy atom. The molecule has 0 radical (unpaired) electrons. The second-order valence-electron chi connectivity index (χ2n) is 10.5. The summed E-state index contributed by atoms with van der Waals surface area (Å²) in [5.74, 6) is 0. The highest BCUT2D eigenvalue weighted by atomic mass is 79.9. The summed E-state index contributed by atoms with van der Waals surface area (Å²) in [6, 6.07) is 35.4. The highest BCUT2D eigenvalue weighted by molar-refractivity contribution is 9.10. The Labute approximate surface area is 242 Å². The molecule has 3 aromatic heterocycles. The van der Waals surface area contributed by atoms with Crippen LogP contribution in [0.3, 0.4) is 0 Å². The number of furan rings is 1. The molecule has 0 atom stereocenters. The summed E-state index contributed by atoms with van der Waals surface area (Å²) in [6.07, 6.45) is 6.64. The first-order valence-corrected chi connectivity index (χ1v) is 15.2. The van der Waals surface area contributed by atoms with Crippen LogP contribution in [-0.4, -0.2) is 4.57 Å². The zero-order valence-electron chi connectivity index (χ0n) is 21.4. The maximum absolute atomic E-state index is 6.38. The molecule has 0 amide bonds. The van der Waals surface area contributed by atoms with E-state index in [0.717, 1.165) is 34.0 Å². The molecule has 3 heterocycles. The second-order valence-corrected chi connectivity index (χ2v) is 12.5. The van der Waals surface area contributed by atoms with Gasteiger partial charge in [-0.3, -0.25) is 0 Å². The molecular weight excluding hydrogens is 574 g/mol. The predicted molar refractivity (Wildman–Crippen MR) is 174 cm³/mol. The molecule has 190 valence electrons. The van der Waals surface area contributed by atoms with Crippen molar-refractivity contribution in [2.45, 2.75) is 12.8 Å². The smallest absolute Gasteiger partial charge is 0.137 e. The summed E-state index contributed by atoms with van der Waals surface area (Å²) in [7, 11) is 0. The van der Waals surface area contributed by atoms with E-state index < -0.39 is 0 Å². The number of para-hydroxylation sites is 1. The number of rotatable bonds is 2. The Bertz CT molecular complexity index is 2440. The van der Waals surface area contributed by atoms with Crippen LogP contribution in [0.5, 0.6) is 0 Å². The molecule has 0 aliphatic heterocycles. The van der Waals surface area contributed by atoms with Crippen molar-refractivity contribution in [2.75, 3.05) is 0 Å². The fraction of sp³-hybridized carbons (Fsp3) is 0.0556. The standard InChI is InChI=1S/C36H22BrNOS/c37-22-15-13-21(14-16-22)28-20-29-24-7-1-4-10-30(24)38(35(29)34-27-9-3-6-12-33(27)40-36(28)34)23-17-18-26-25-8-2-5-11-31(25)39-32(26)19-23/h1,3-4,6-20H,2,5H2. The van der Waals surface area contributed by atoms with Gasteiger partial charge in [0.05, 0.1) is 11.0 Å². The van der Waals surface area contributed by atoms with Crippen LogP contribution in [0, 0.1) is 0 Å². The Balaban J connectivity index is 1.47. The van der Waals surface area contributed by atoms with Gasteiger partial charge < -0.3 is 8.98 Å². The quantitative estimate of drug-likeness (QED) is 0.194. The van der Waals surface area contributed by atoms with Crippen LogP contribution in [0.4, 0.5) is 0 Å². The maximum atomic E-state index is 6.38. The molecule has 5 aromatic carbocycles. The van der Waals surface area contributed by atoms with E-state index in [2.05, 4.69) is 130 Å². The Hall–Kier alpha value is -4.12. The van der Waals surface area contributed by atoms with E-state index in [0.29, 0.717) is 0 Å². The normalized spacial score (nSPS) is 13.3. The van der Waals surface area contributed by atoms with Crippen LogP contribution in [0.15, 0.2) is 106 Å². The van der Waals surface area contributed by atoms with Gasteiger partial charge in [0, 0.05) is 63.3 Å². The number of thiophene rings is 1. The number of hydrogen-bond donors (Lipinski definition) is 0. The third kappa shape index (κ3) is 3.15. The molecule has 9 rings (SSSR count). The Morgan fingerprint density at radius 1 is 0.725 bits per heavy atom. The number of halogens is 1. The summed E-state index contributed by atoms with van der Waals surface area (Å²) >= 11 is 5.51. The van der Waals surface area contributed by atoms with Crippen molar-refractivity contribution in [2.24, 2.45) is 0 Å². The van der Waals surface area contributed by atoms with E-state index in [4.69, 9.17) is 4.42 Å². The van der Waals surface area contributed by atoms with Crippen LogP contribution in [0.1, 0.15) is 12.8 Å². The van der Waals surface area contributed by atoms with Crippen molar-refractivity contribution in [3.8, 4) is 16.8 Å². The summed E-state index contributed by atoms with van der Waals surface area (Å²) in [6.45, 7) is 0. The van der Waals surface area contributed by atoms with Crippen molar-refractivity contribution < 1.29 is 4.42 Å². The number of nitrogens with zero attached hydrogens (tertiary/aromatic N) is 1. The Kier molecular flexibility index (Phi) is 4.78. The largest absolute Gasteiger partial charge is 0.456 e. The zero-order chi connectivity index (χ0) is 26.4. The average molecular weight is 597 g/mol. The summed E-state index contributed by atoms with van der Waals surface area (Å²) in [4.78, 5) is 0. The molecule has 0 saturated heterocycles. The van der Waals surface area contributed by atoms with Crippen LogP contribution in [0.2, 0.25) is 0 Å². The van der Waals surface area contributed by atoms with Crippen molar-refractivity contribution in [1.82, 2.24) is 4.57 Å². The summed E-state index contributed by atoms with van der Waals surface area (Å²) in [5.41, 5.74) is 8.04. The molecule has 0 N–H and O–H groups in total. The average Bonchev–Trinajstić information content (AvgIpc) is 3.66. The summed E-state index contributed by atoms with van der Waals surface area (Å²) in [5, 5.41) is 7.57. The third-order valence-electron chi connectivity index (χ3n) is 8.28. The van der Waals surface area contributed by atoms with E-state index in [1.54, 1.807) is 0 Å². The predicted octanol–water partition coefficient (Wildman–Crippen LogP) is 9.68. The molecule has 0 saturated carbocycles. The molecule has 2 nitrogen and oxygen atoms in total. The van der Waals surface area contributed by atoms with Crippen molar-refractivity contribution in [3.63, 3.8) is 0 Å². The number of aromatic nitrogens is 1. The van der Waals surface area contributed by atoms with Gasteiger partial charge in [-0.15, -0.1) is 11.3 Å². The van der Waals surface area contributed by atoms with Crippen molar-refractivity contribution in [3.05, 3.63) is 112 Å². The zero-order valence-corrected chi connectivity index (χ0v) is 23.9. The van der Waals surface area contributed by atoms with E-state index in [-0.39, 0.29) is 0 Å². The molecule has 40 heavy (non-hydrogen) atoms. The second kappa shape index (κ2) is 8.44. The number of hydrogen-bond acceptors (Lipinski definition) is 2. The fourth-order valence-corrected chi connectivity index (χ4v) is 8.02. The van der Waals surface area contributed by atoms with Crippen molar-refractivity contribution in [1.29, 1.82) is 0 Å².